The van der Waals surface area contributed by atoms with Crippen LogP contribution < -0.4 is 5.32 Å². The summed E-state index contributed by atoms with van der Waals surface area (Å²) >= 11 is 0. The highest BCUT2D eigenvalue weighted by molar-refractivity contribution is 5.90. The molecule has 6 heteroatoms. The summed E-state index contributed by atoms with van der Waals surface area (Å²) < 4.78 is 0. The van der Waals surface area contributed by atoms with Gasteiger partial charge in [0.15, 0.2) is 0 Å². The molecule has 0 saturated carbocycles. The normalized spacial score (nSPS) is 21.3. The SMILES string of the molecule is CC1(C(=O)O)CCN(C(=O)Nc2cccc(C#N)c2)C1. The maximum Gasteiger partial charge on any atom is 0.321 e. The Bertz CT molecular complexity index is 594. The lowest BCUT2D eigenvalue weighted by Crippen LogP contribution is -2.37. The number of rotatable bonds is 2. The van der Waals surface area contributed by atoms with Crippen molar-refractivity contribution in [3.8, 4) is 6.07 Å². The van der Waals surface area contributed by atoms with Crippen LogP contribution in [0.1, 0.15) is 18.9 Å². The van der Waals surface area contributed by atoms with Gasteiger partial charge in [0.2, 0.25) is 0 Å². The monoisotopic (exact) mass is 273 g/mol. The molecule has 0 radical (unpaired) electrons. The van der Waals surface area contributed by atoms with Gasteiger partial charge in [0.25, 0.3) is 0 Å². The number of hydrogen-bond acceptors (Lipinski definition) is 3. The Hall–Kier alpha value is -2.55. The van der Waals surface area contributed by atoms with Crippen molar-refractivity contribution >= 4 is 17.7 Å². The van der Waals surface area contributed by atoms with Crippen LogP contribution in [-0.2, 0) is 4.79 Å². The molecule has 20 heavy (non-hydrogen) atoms. The Balaban J connectivity index is 2.03. The number of benzene rings is 1. The van der Waals surface area contributed by atoms with Gasteiger partial charge in [0.1, 0.15) is 0 Å². The molecule has 1 aliphatic rings. The number of nitriles is 1. The third-order valence-corrected chi connectivity index (χ3v) is 3.52. The topological polar surface area (TPSA) is 93.4 Å². The lowest BCUT2D eigenvalue weighted by molar-refractivity contribution is -0.146. The van der Waals surface area contributed by atoms with E-state index < -0.39 is 11.4 Å². The van der Waals surface area contributed by atoms with Gasteiger partial charge >= 0.3 is 12.0 Å². The summed E-state index contributed by atoms with van der Waals surface area (Å²) in [5.41, 5.74) is 0.101. The molecule has 1 unspecified atom stereocenters. The Morgan fingerprint density at radius 2 is 2.25 bits per heavy atom. The summed E-state index contributed by atoms with van der Waals surface area (Å²) in [6, 6.07) is 8.24. The van der Waals surface area contributed by atoms with E-state index in [1.165, 1.54) is 4.90 Å². The molecule has 1 saturated heterocycles. The fourth-order valence-electron chi connectivity index (χ4n) is 2.18. The number of aliphatic carboxylic acids is 1. The number of likely N-dealkylation sites (tertiary alicyclic amines) is 1. The smallest absolute Gasteiger partial charge is 0.321 e. The van der Waals surface area contributed by atoms with Crippen LogP contribution >= 0.6 is 0 Å². The lowest BCUT2D eigenvalue weighted by Gasteiger charge is -2.20. The second kappa shape index (κ2) is 5.21. The Morgan fingerprint density at radius 1 is 1.50 bits per heavy atom. The van der Waals surface area contributed by atoms with E-state index in [2.05, 4.69) is 5.32 Å². The number of amides is 2. The number of carbonyl (C=O) groups is 2. The third-order valence-electron chi connectivity index (χ3n) is 3.52. The predicted octanol–water partition coefficient (Wildman–Crippen LogP) is 1.89. The average molecular weight is 273 g/mol. The Kier molecular flexibility index (Phi) is 3.61. The summed E-state index contributed by atoms with van der Waals surface area (Å²) in [5, 5.41) is 20.6. The van der Waals surface area contributed by atoms with Crippen molar-refractivity contribution in [3.63, 3.8) is 0 Å². The summed E-state index contributed by atoms with van der Waals surface area (Å²) in [5.74, 6) is -0.890. The predicted molar refractivity (Wildman–Crippen MR) is 72.1 cm³/mol. The first-order valence-corrected chi connectivity index (χ1v) is 6.24. The van der Waals surface area contributed by atoms with E-state index in [4.69, 9.17) is 10.4 Å². The van der Waals surface area contributed by atoms with Crippen LogP contribution in [0.2, 0.25) is 0 Å². The number of hydrogen-bond donors (Lipinski definition) is 2. The number of carbonyl (C=O) groups excluding carboxylic acids is 1. The average Bonchev–Trinajstić information content (AvgIpc) is 2.83. The molecule has 2 rings (SSSR count). The van der Waals surface area contributed by atoms with Gasteiger partial charge in [-0.2, -0.15) is 5.26 Å². The highest BCUT2D eigenvalue weighted by Crippen LogP contribution is 2.30. The molecule has 1 aromatic carbocycles. The van der Waals surface area contributed by atoms with Crippen molar-refractivity contribution in [3.05, 3.63) is 29.8 Å². The van der Waals surface area contributed by atoms with Gasteiger partial charge in [0, 0.05) is 18.8 Å². The zero-order chi connectivity index (χ0) is 14.8. The van der Waals surface area contributed by atoms with Gasteiger partial charge in [-0.25, -0.2) is 4.79 Å². The second-order valence-electron chi connectivity index (χ2n) is 5.16. The third kappa shape index (κ3) is 2.72. The van der Waals surface area contributed by atoms with E-state index in [9.17, 15) is 9.59 Å². The molecule has 2 N–H and O–H groups in total. The standard InChI is InChI=1S/C14H15N3O3/c1-14(12(18)19)5-6-17(9-14)13(20)16-11-4-2-3-10(7-11)8-15/h2-4,7H,5-6,9H2,1H3,(H,16,20)(H,18,19). The largest absolute Gasteiger partial charge is 0.481 e. The minimum Gasteiger partial charge on any atom is -0.481 e. The zero-order valence-electron chi connectivity index (χ0n) is 11.1. The second-order valence-corrected chi connectivity index (χ2v) is 5.16. The summed E-state index contributed by atoms with van der Waals surface area (Å²) in [6.45, 7) is 2.23. The van der Waals surface area contributed by atoms with Crippen LogP contribution in [0.25, 0.3) is 0 Å². The highest BCUT2D eigenvalue weighted by atomic mass is 16.4. The molecule has 1 aliphatic heterocycles. The quantitative estimate of drug-likeness (QED) is 0.860. The number of nitrogens with one attached hydrogen (secondary N) is 1. The van der Waals surface area contributed by atoms with Crippen molar-refractivity contribution in [2.75, 3.05) is 18.4 Å². The van der Waals surface area contributed by atoms with Crippen LogP contribution in [0.5, 0.6) is 0 Å². The van der Waals surface area contributed by atoms with Gasteiger partial charge in [-0.05, 0) is 31.5 Å². The van der Waals surface area contributed by atoms with E-state index >= 15 is 0 Å². The highest BCUT2D eigenvalue weighted by Gasteiger charge is 2.42. The van der Waals surface area contributed by atoms with Crippen LogP contribution in [0, 0.1) is 16.7 Å². The Morgan fingerprint density at radius 3 is 2.85 bits per heavy atom. The van der Waals surface area contributed by atoms with Crippen LogP contribution in [0.3, 0.4) is 0 Å². The van der Waals surface area contributed by atoms with Crippen LogP contribution in [-0.4, -0.2) is 35.1 Å². The summed E-state index contributed by atoms with van der Waals surface area (Å²) in [7, 11) is 0. The van der Waals surface area contributed by atoms with Crippen molar-refractivity contribution in [2.24, 2.45) is 5.41 Å². The number of carboxylic acid groups (broad SMARTS) is 1. The fourth-order valence-corrected chi connectivity index (χ4v) is 2.18. The lowest BCUT2D eigenvalue weighted by atomic mass is 9.90. The molecule has 0 spiro atoms. The number of anilines is 1. The van der Waals surface area contributed by atoms with Gasteiger partial charge in [-0.3, -0.25) is 4.79 Å². The molecule has 0 aromatic heterocycles. The maximum atomic E-state index is 12.1. The zero-order valence-corrected chi connectivity index (χ0v) is 11.1. The molecular formula is C14H15N3O3. The van der Waals surface area contributed by atoms with Gasteiger partial charge in [-0.15, -0.1) is 0 Å². The van der Waals surface area contributed by atoms with E-state index in [-0.39, 0.29) is 12.6 Å². The molecule has 1 aromatic rings. The number of nitrogens with zero attached hydrogens (tertiary/aromatic N) is 2. The van der Waals surface area contributed by atoms with Crippen molar-refractivity contribution in [1.82, 2.24) is 4.90 Å². The molecule has 6 nitrogen and oxygen atoms in total. The van der Waals surface area contributed by atoms with E-state index in [0.717, 1.165) is 0 Å². The number of urea groups is 1. The molecule has 2 amide bonds. The molecule has 0 aliphatic carbocycles. The summed E-state index contributed by atoms with van der Waals surface area (Å²) in [6.07, 6.45) is 0.438. The minimum atomic E-state index is -0.890. The molecule has 1 heterocycles. The van der Waals surface area contributed by atoms with Gasteiger partial charge < -0.3 is 15.3 Å². The maximum absolute atomic E-state index is 12.1. The van der Waals surface area contributed by atoms with E-state index in [1.807, 2.05) is 6.07 Å². The Labute approximate surface area is 116 Å². The van der Waals surface area contributed by atoms with Crippen molar-refractivity contribution in [2.45, 2.75) is 13.3 Å². The van der Waals surface area contributed by atoms with Gasteiger partial charge in [-0.1, -0.05) is 6.07 Å². The van der Waals surface area contributed by atoms with Crippen LogP contribution in [0.15, 0.2) is 24.3 Å². The van der Waals surface area contributed by atoms with Crippen molar-refractivity contribution in [1.29, 1.82) is 5.26 Å². The molecule has 1 atom stereocenters. The minimum absolute atomic E-state index is 0.187. The van der Waals surface area contributed by atoms with E-state index in [0.29, 0.717) is 24.2 Å². The first-order chi connectivity index (χ1) is 9.44. The number of carboxylic acids is 1. The fraction of sp³-hybridized carbons (Fsp3) is 0.357. The first kappa shape index (κ1) is 13.9. The molecule has 1 fully saturated rings. The van der Waals surface area contributed by atoms with E-state index in [1.54, 1.807) is 31.2 Å². The molecule has 104 valence electrons. The van der Waals surface area contributed by atoms with Crippen molar-refractivity contribution < 1.29 is 14.7 Å². The van der Waals surface area contributed by atoms with Crippen LogP contribution in [0.4, 0.5) is 10.5 Å². The summed E-state index contributed by atoms with van der Waals surface area (Å²) in [4.78, 5) is 24.7. The molecular weight excluding hydrogens is 258 g/mol. The molecule has 0 bridgehead atoms. The van der Waals surface area contributed by atoms with Gasteiger partial charge in [0.05, 0.1) is 17.0 Å². The first-order valence-electron chi connectivity index (χ1n) is 6.24.